The van der Waals surface area contributed by atoms with E-state index in [4.69, 9.17) is 4.99 Å². The molecule has 156 valence electrons. The van der Waals surface area contributed by atoms with Crippen LogP contribution in [0.25, 0.3) is 0 Å². The lowest BCUT2D eigenvalue weighted by molar-refractivity contribution is 0.0963. The summed E-state index contributed by atoms with van der Waals surface area (Å²) in [5.41, 5.74) is 1.85. The number of amides is 1. The van der Waals surface area contributed by atoms with Crippen molar-refractivity contribution in [3.05, 3.63) is 35.4 Å². The van der Waals surface area contributed by atoms with Crippen LogP contribution in [0.2, 0.25) is 0 Å². The summed E-state index contributed by atoms with van der Waals surface area (Å²) in [6.07, 6.45) is 9.21. The van der Waals surface area contributed by atoms with Gasteiger partial charge in [0.25, 0.3) is 5.91 Å². The van der Waals surface area contributed by atoms with Crippen LogP contribution < -0.4 is 16.0 Å². The zero-order chi connectivity index (χ0) is 19.1. The molecule has 0 radical (unpaired) electrons. The highest BCUT2D eigenvalue weighted by molar-refractivity contribution is 14.0. The number of carbonyl (C=O) groups is 1. The van der Waals surface area contributed by atoms with E-state index >= 15 is 0 Å². The smallest absolute Gasteiger partial charge is 0.251 e. The predicted molar refractivity (Wildman–Crippen MR) is 127 cm³/mol. The Balaban J connectivity index is 0.00000280. The van der Waals surface area contributed by atoms with Gasteiger partial charge in [-0.1, -0.05) is 44.2 Å². The summed E-state index contributed by atoms with van der Waals surface area (Å²) >= 11 is 0. The molecule has 0 saturated heterocycles. The van der Waals surface area contributed by atoms with E-state index in [1.54, 1.807) is 7.05 Å². The first-order valence-corrected chi connectivity index (χ1v) is 10.6. The van der Waals surface area contributed by atoms with E-state index in [9.17, 15) is 4.79 Å². The van der Waals surface area contributed by atoms with Crippen LogP contribution in [0.3, 0.4) is 0 Å². The molecule has 1 aromatic carbocycles. The maximum Gasteiger partial charge on any atom is 0.251 e. The van der Waals surface area contributed by atoms with E-state index in [0.29, 0.717) is 18.2 Å². The lowest BCUT2D eigenvalue weighted by atomic mass is 9.85. The Morgan fingerprint density at radius 2 is 2.00 bits per heavy atom. The average Bonchev–Trinajstić information content (AvgIpc) is 3.47. The molecular weight excluding hydrogens is 463 g/mol. The van der Waals surface area contributed by atoms with E-state index in [2.05, 4.69) is 28.9 Å². The first-order valence-electron chi connectivity index (χ1n) is 10.6. The third kappa shape index (κ3) is 6.64. The Kier molecular flexibility index (Phi) is 9.55. The molecule has 1 amide bonds. The predicted octanol–water partition coefficient (Wildman–Crippen LogP) is 3.73. The van der Waals surface area contributed by atoms with Crippen LogP contribution in [-0.2, 0) is 6.42 Å². The zero-order valence-electron chi connectivity index (χ0n) is 17.2. The van der Waals surface area contributed by atoms with E-state index in [0.717, 1.165) is 36.3 Å². The lowest BCUT2D eigenvalue weighted by Crippen LogP contribution is -2.39. The SMILES string of the molecule is CCNC(=NCCc1cccc(C(=O)NC)c1)NC1CC1C1CCCCC1.I. The average molecular weight is 498 g/mol. The van der Waals surface area contributed by atoms with Crippen molar-refractivity contribution in [1.29, 1.82) is 0 Å². The minimum atomic E-state index is -0.0437. The Morgan fingerprint density at radius 1 is 1.21 bits per heavy atom. The van der Waals surface area contributed by atoms with Crippen LogP contribution in [0.15, 0.2) is 29.3 Å². The Morgan fingerprint density at radius 3 is 2.71 bits per heavy atom. The van der Waals surface area contributed by atoms with Gasteiger partial charge in [-0.05, 0) is 49.3 Å². The highest BCUT2D eigenvalue weighted by atomic mass is 127. The van der Waals surface area contributed by atoms with E-state index in [1.807, 2.05) is 18.2 Å². The molecule has 28 heavy (non-hydrogen) atoms. The van der Waals surface area contributed by atoms with Crippen molar-refractivity contribution in [3.8, 4) is 0 Å². The summed E-state index contributed by atoms with van der Waals surface area (Å²) < 4.78 is 0. The van der Waals surface area contributed by atoms with E-state index in [-0.39, 0.29) is 29.9 Å². The Labute approximate surface area is 186 Å². The van der Waals surface area contributed by atoms with Crippen molar-refractivity contribution in [3.63, 3.8) is 0 Å². The number of halogens is 1. The van der Waals surface area contributed by atoms with Gasteiger partial charge in [0, 0.05) is 31.7 Å². The minimum absolute atomic E-state index is 0. The van der Waals surface area contributed by atoms with Crippen molar-refractivity contribution in [2.24, 2.45) is 16.8 Å². The number of guanidine groups is 1. The first kappa shape index (κ1) is 23.0. The molecule has 2 fully saturated rings. The summed E-state index contributed by atoms with van der Waals surface area (Å²) in [4.78, 5) is 16.5. The summed E-state index contributed by atoms with van der Waals surface area (Å²) in [6, 6.07) is 8.39. The fraction of sp³-hybridized carbons (Fsp3) is 0.636. The molecule has 0 heterocycles. The van der Waals surface area contributed by atoms with Gasteiger partial charge in [0.05, 0.1) is 0 Å². The molecule has 0 spiro atoms. The molecule has 0 bridgehead atoms. The Bertz CT molecular complexity index is 658. The van der Waals surface area contributed by atoms with E-state index < -0.39 is 0 Å². The standard InChI is InChI=1S/C22H34N4O.HI/c1-3-24-22(26-20-15-19(20)17-9-5-4-6-10-17)25-13-12-16-8-7-11-18(14-16)21(27)23-2;/h7-8,11,14,17,19-20H,3-6,9-10,12-13,15H2,1-2H3,(H,23,27)(H2,24,25,26);1H. The Hall–Kier alpha value is -1.31. The fourth-order valence-electron chi connectivity index (χ4n) is 4.27. The van der Waals surface area contributed by atoms with Crippen LogP contribution in [0.5, 0.6) is 0 Å². The van der Waals surface area contributed by atoms with Gasteiger partial charge in [0.1, 0.15) is 0 Å². The van der Waals surface area contributed by atoms with Gasteiger partial charge in [-0.2, -0.15) is 0 Å². The number of aliphatic imine (C=N–C) groups is 1. The van der Waals surface area contributed by atoms with Gasteiger partial charge in [-0.15, -0.1) is 24.0 Å². The molecule has 1 aromatic rings. The van der Waals surface area contributed by atoms with Crippen LogP contribution >= 0.6 is 24.0 Å². The number of nitrogens with zero attached hydrogens (tertiary/aromatic N) is 1. The molecule has 5 nitrogen and oxygen atoms in total. The molecular formula is C22H35IN4O. The van der Waals surface area contributed by atoms with Crippen LogP contribution in [0.4, 0.5) is 0 Å². The lowest BCUT2D eigenvalue weighted by Gasteiger charge is -2.22. The summed E-state index contributed by atoms with van der Waals surface area (Å²) in [5, 5.41) is 9.69. The van der Waals surface area contributed by atoms with Gasteiger partial charge in [-0.3, -0.25) is 9.79 Å². The number of hydrogen-bond donors (Lipinski definition) is 3. The van der Waals surface area contributed by atoms with Crippen LogP contribution in [0, 0.1) is 11.8 Å². The highest BCUT2D eigenvalue weighted by Crippen LogP contribution is 2.44. The van der Waals surface area contributed by atoms with Gasteiger partial charge < -0.3 is 16.0 Å². The molecule has 3 N–H and O–H groups in total. The molecule has 2 aliphatic rings. The van der Waals surface area contributed by atoms with Crippen molar-refractivity contribution < 1.29 is 4.79 Å². The van der Waals surface area contributed by atoms with Crippen molar-refractivity contribution in [2.75, 3.05) is 20.1 Å². The minimum Gasteiger partial charge on any atom is -0.357 e. The molecule has 2 unspecified atom stereocenters. The van der Waals surface area contributed by atoms with Gasteiger partial charge in [-0.25, -0.2) is 0 Å². The second-order valence-corrected chi connectivity index (χ2v) is 7.84. The molecule has 2 saturated carbocycles. The molecule has 0 aliphatic heterocycles. The number of benzene rings is 1. The largest absolute Gasteiger partial charge is 0.357 e. The van der Waals surface area contributed by atoms with Crippen molar-refractivity contribution in [2.45, 2.75) is 57.9 Å². The molecule has 2 atom stereocenters. The fourth-order valence-corrected chi connectivity index (χ4v) is 4.27. The van der Waals surface area contributed by atoms with E-state index in [1.165, 1.54) is 38.5 Å². The van der Waals surface area contributed by atoms with Gasteiger partial charge >= 0.3 is 0 Å². The molecule has 0 aromatic heterocycles. The second kappa shape index (κ2) is 11.6. The number of carbonyl (C=O) groups excluding carboxylic acids is 1. The summed E-state index contributed by atoms with van der Waals surface area (Å²) in [6.45, 7) is 3.70. The van der Waals surface area contributed by atoms with Crippen molar-refractivity contribution in [1.82, 2.24) is 16.0 Å². The summed E-state index contributed by atoms with van der Waals surface area (Å²) in [5.74, 6) is 2.66. The van der Waals surface area contributed by atoms with Gasteiger partial charge in [0.15, 0.2) is 5.96 Å². The summed E-state index contributed by atoms with van der Waals surface area (Å²) in [7, 11) is 1.66. The highest BCUT2D eigenvalue weighted by Gasteiger charge is 2.43. The third-order valence-corrected chi connectivity index (χ3v) is 5.85. The van der Waals surface area contributed by atoms with Crippen molar-refractivity contribution >= 4 is 35.8 Å². The molecule has 3 rings (SSSR count). The maximum absolute atomic E-state index is 11.8. The normalized spacial score (nSPS) is 22.1. The number of hydrogen-bond acceptors (Lipinski definition) is 2. The number of nitrogens with one attached hydrogen (secondary N) is 3. The maximum atomic E-state index is 11.8. The third-order valence-electron chi connectivity index (χ3n) is 5.85. The first-order chi connectivity index (χ1) is 13.2. The topological polar surface area (TPSA) is 65.5 Å². The monoisotopic (exact) mass is 498 g/mol. The van der Waals surface area contributed by atoms with Gasteiger partial charge in [0.2, 0.25) is 0 Å². The number of rotatable bonds is 7. The second-order valence-electron chi connectivity index (χ2n) is 7.84. The quantitative estimate of drug-likeness (QED) is 0.305. The van der Waals surface area contributed by atoms with Crippen LogP contribution in [-0.4, -0.2) is 38.0 Å². The molecule has 2 aliphatic carbocycles. The van der Waals surface area contributed by atoms with Crippen LogP contribution in [0.1, 0.15) is 61.4 Å². The zero-order valence-corrected chi connectivity index (χ0v) is 19.5. The molecule has 6 heteroatoms.